The molecule has 0 bridgehead atoms. The number of ether oxygens (including phenoxy) is 1. The quantitative estimate of drug-likeness (QED) is 0.593. The average molecular weight is 480 g/mol. The smallest absolute Gasteiger partial charge is 0.275 e. The normalized spacial score (nSPS) is 16.5. The molecule has 4 rings (SSSR count). The maximum atomic E-state index is 13.1. The van der Waals surface area contributed by atoms with E-state index < -0.39 is 0 Å². The number of hydrogen-bond donors (Lipinski definition) is 2. The molecule has 2 N–H and O–H groups in total. The number of methoxy groups -OCH3 is 1. The van der Waals surface area contributed by atoms with Crippen LogP contribution in [0.15, 0.2) is 59.3 Å². The van der Waals surface area contributed by atoms with E-state index in [9.17, 15) is 9.59 Å². The molecule has 1 fully saturated rings. The molecule has 2 aromatic rings. The maximum Gasteiger partial charge on any atom is 0.275 e. The lowest BCUT2D eigenvalue weighted by atomic mass is 10.1. The third-order valence-corrected chi connectivity index (χ3v) is 6.59. The lowest BCUT2D eigenvalue weighted by molar-refractivity contribution is 0.0956. The van der Waals surface area contributed by atoms with Crippen LogP contribution in [0.4, 0.5) is 5.13 Å². The Labute approximate surface area is 203 Å². The van der Waals surface area contributed by atoms with E-state index in [1.54, 1.807) is 29.5 Å². The number of anilines is 1. The van der Waals surface area contributed by atoms with Crippen molar-refractivity contribution < 1.29 is 14.3 Å². The molecule has 3 heterocycles. The van der Waals surface area contributed by atoms with Crippen LogP contribution in [-0.2, 0) is 6.54 Å². The molecule has 8 nitrogen and oxygen atoms in total. The zero-order chi connectivity index (χ0) is 24.2. The van der Waals surface area contributed by atoms with Gasteiger partial charge in [0.2, 0.25) is 0 Å². The zero-order valence-electron chi connectivity index (χ0n) is 19.7. The van der Waals surface area contributed by atoms with Crippen LogP contribution in [0.1, 0.15) is 40.3 Å². The Morgan fingerprint density at radius 2 is 2.09 bits per heavy atom. The molecular weight excluding hydrogens is 450 g/mol. The van der Waals surface area contributed by atoms with Crippen molar-refractivity contribution in [2.24, 2.45) is 0 Å². The number of carbonyl (C=O) groups is 2. The third-order valence-electron chi connectivity index (χ3n) is 5.73. The Hall–Kier alpha value is -3.43. The van der Waals surface area contributed by atoms with E-state index in [1.165, 1.54) is 11.3 Å². The molecule has 0 saturated carbocycles. The third kappa shape index (κ3) is 4.90. The number of aromatic nitrogens is 1. The van der Waals surface area contributed by atoms with Crippen molar-refractivity contribution in [2.75, 3.05) is 38.2 Å². The molecule has 2 aliphatic rings. The van der Waals surface area contributed by atoms with Crippen molar-refractivity contribution >= 4 is 28.3 Å². The summed E-state index contributed by atoms with van der Waals surface area (Å²) in [5.41, 5.74) is 4.33. The van der Waals surface area contributed by atoms with Gasteiger partial charge in [0.1, 0.15) is 11.4 Å². The van der Waals surface area contributed by atoms with E-state index in [-0.39, 0.29) is 17.5 Å². The van der Waals surface area contributed by atoms with E-state index >= 15 is 0 Å². The summed E-state index contributed by atoms with van der Waals surface area (Å²) < 4.78 is 5.27. The second-order valence-corrected chi connectivity index (χ2v) is 9.04. The summed E-state index contributed by atoms with van der Waals surface area (Å²) in [5.74, 6) is 0.261. The van der Waals surface area contributed by atoms with Gasteiger partial charge in [-0.1, -0.05) is 18.2 Å². The van der Waals surface area contributed by atoms with E-state index in [2.05, 4.69) is 27.1 Å². The maximum absolute atomic E-state index is 13.1. The van der Waals surface area contributed by atoms with Crippen molar-refractivity contribution in [3.63, 3.8) is 0 Å². The molecule has 2 aliphatic heterocycles. The van der Waals surface area contributed by atoms with Crippen LogP contribution in [0, 0.1) is 0 Å². The first-order valence-corrected chi connectivity index (χ1v) is 12.0. The molecular formula is C25H29N5O3S. The van der Waals surface area contributed by atoms with Gasteiger partial charge in [-0.05, 0) is 43.7 Å². The molecule has 1 aromatic carbocycles. The van der Waals surface area contributed by atoms with Crippen molar-refractivity contribution in [1.82, 2.24) is 20.5 Å². The molecule has 0 unspecified atom stereocenters. The van der Waals surface area contributed by atoms with E-state index in [0.29, 0.717) is 28.7 Å². The van der Waals surface area contributed by atoms with Crippen LogP contribution in [0.5, 0.6) is 5.75 Å². The number of allylic oxidation sites excluding steroid dienone is 3. The molecule has 2 amide bonds. The van der Waals surface area contributed by atoms with Gasteiger partial charge in [0.05, 0.1) is 25.0 Å². The molecule has 1 aromatic heterocycles. The molecule has 9 heteroatoms. The summed E-state index contributed by atoms with van der Waals surface area (Å²) >= 11 is 1.28. The Morgan fingerprint density at radius 1 is 1.32 bits per heavy atom. The fraction of sp³-hybridized carbons (Fsp3) is 0.320. The Morgan fingerprint density at radius 3 is 2.76 bits per heavy atom. The van der Waals surface area contributed by atoms with Gasteiger partial charge in [-0.2, -0.15) is 0 Å². The standard InChI is InChI=1S/C25H29N5O3S/c1-5-20(22(12-16(2)3)29-10-8-26-9-11-29)27-23(31)21-15-34-25(28-21)30-14-17-13-18(33-4)6-7-19(17)24(30)32/h5-7,12-13,15,26H,2,8-11,14H2,1,3-4H3,(H,27,31)/b20-5+,22-12+. The van der Waals surface area contributed by atoms with Gasteiger partial charge in [-0.3, -0.25) is 14.5 Å². The second-order valence-electron chi connectivity index (χ2n) is 8.20. The van der Waals surface area contributed by atoms with Gasteiger partial charge in [0.25, 0.3) is 11.8 Å². The lowest BCUT2D eigenvalue weighted by Crippen LogP contribution is -2.44. The molecule has 0 spiro atoms. The van der Waals surface area contributed by atoms with Gasteiger partial charge in [0, 0.05) is 37.1 Å². The minimum atomic E-state index is -0.316. The number of hydrogen-bond acceptors (Lipinski definition) is 7. The van der Waals surface area contributed by atoms with Crippen LogP contribution in [0.2, 0.25) is 0 Å². The number of amides is 2. The largest absolute Gasteiger partial charge is 0.497 e. The fourth-order valence-electron chi connectivity index (χ4n) is 4.02. The highest BCUT2D eigenvalue weighted by Gasteiger charge is 2.31. The summed E-state index contributed by atoms with van der Waals surface area (Å²) in [5, 5.41) is 8.53. The number of benzene rings is 1. The van der Waals surface area contributed by atoms with Gasteiger partial charge in [-0.15, -0.1) is 11.3 Å². The summed E-state index contributed by atoms with van der Waals surface area (Å²) in [6.07, 6.45) is 3.87. The van der Waals surface area contributed by atoms with E-state index in [4.69, 9.17) is 4.74 Å². The first-order chi connectivity index (χ1) is 16.4. The highest BCUT2D eigenvalue weighted by atomic mass is 32.1. The zero-order valence-corrected chi connectivity index (χ0v) is 20.5. The first-order valence-electron chi connectivity index (χ1n) is 11.2. The number of fused-ring (bicyclic) bond motifs is 1. The number of piperazine rings is 1. The first kappa shape index (κ1) is 23.7. The molecule has 0 aliphatic carbocycles. The van der Waals surface area contributed by atoms with Gasteiger partial charge in [-0.25, -0.2) is 4.98 Å². The predicted molar refractivity (Wildman–Crippen MR) is 134 cm³/mol. The van der Waals surface area contributed by atoms with Crippen molar-refractivity contribution in [2.45, 2.75) is 20.4 Å². The number of rotatable bonds is 7. The summed E-state index contributed by atoms with van der Waals surface area (Å²) in [7, 11) is 1.60. The molecule has 178 valence electrons. The van der Waals surface area contributed by atoms with Crippen LogP contribution in [0.25, 0.3) is 0 Å². The average Bonchev–Trinajstić information content (AvgIpc) is 3.46. The number of nitrogens with zero attached hydrogens (tertiary/aromatic N) is 3. The molecule has 0 radical (unpaired) electrons. The minimum absolute atomic E-state index is 0.126. The molecule has 0 atom stereocenters. The van der Waals surface area contributed by atoms with Crippen molar-refractivity contribution in [3.05, 3.63) is 76.1 Å². The monoisotopic (exact) mass is 479 g/mol. The van der Waals surface area contributed by atoms with Gasteiger partial charge >= 0.3 is 0 Å². The van der Waals surface area contributed by atoms with Crippen LogP contribution >= 0.6 is 11.3 Å². The highest BCUT2D eigenvalue weighted by molar-refractivity contribution is 7.14. The Bertz CT molecular complexity index is 1180. The lowest BCUT2D eigenvalue weighted by Gasteiger charge is -2.33. The molecule has 1 saturated heterocycles. The minimum Gasteiger partial charge on any atom is -0.497 e. The Balaban J connectivity index is 1.50. The summed E-state index contributed by atoms with van der Waals surface area (Å²) in [6, 6.07) is 5.40. The summed E-state index contributed by atoms with van der Waals surface area (Å²) in [4.78, 5) is 34.3. The van der Waals surface area contributed by atoms with Gasteiger partial charge in [0.15, 0.2) is 5.13 Å². The van der Waals surface area contributed by atoms with Crippen LogP contribution < -0.4 is 20.3 Å². The van der Waals surface area contributed by atoms with Crippen molar-refractivity contribution in [3.8, 4) is 5.75 Å². The Kier molecular flexibility index (Phi) is 7.14. The number of carbonyl (C=O) groups excluding carboxylic acids is 2. The van der Waals surface area contributed by atoms with E-state index in [1.807, 2.05) is 32.1 Å². The fourth-order valence-corrected chi connectivity index (χ4v) is 4.82. The van der Waals surface area contributed by atoms with Crippen LogP contribution in [0.3, 0.4) is 0 Å². The van der Waals surface area contributed by atoms with Gasteiger partial charge < -0.3 is 20.3 Å². The molecule has 34 heavy (non-hydrogen) atoms. The topological polar surface area (TPSA) is 86.8 Å². The summed E-state index contributed by atoms with van der Waals surface area (Å²) in [6.45, 7) is 11.7. The van der Waals surface area contributed by atoms with Crippen molar-refractivity contribution in [1.29, 1.82) is 0 Å². The predicted octanol–water partition coefficient (Wildman–Crippen LogP) is 3.31. The number of thiazole rings is 1. The van der Waals surface area contributed by atoms with Crippen LogP contribution in [-0.4, -0.2) is 55.0 Å². The SMILES string of the molecule is C=C(C)/C=C(\C(=C/C)NC(=O)c1csc(N2Cc3cc(OC)ccc3C2=O)n1)N1CCNCC1. The van der Waals surface area contributed by atoms with E-state index in [0.717, 1.165) is 43.0 Å². The second kappa shape index (κ2) is 10.2. The number of nitrogens with one attached hydrogen (secondary N) is 2. The highest BCUT2D eigenvalue weighted by Crippen LogP contribution is 2.32.